The average molecular weight is 287 g/mol. The van der Waals surface area contributed by atoms with Crippen molar-refractivity contribution in [2.75, 3.05) is 24.8 Å². The molecule has 0 aromatic heterocycles. The van der Waals surface area contributed by atoms with E-state index in [4.69, 9.17) is 15.6 Å². The van der Waals surface area contributed by atoms with E-state index in [1.54, 1.807) is 20.1 Å². The molecule has 0 bridgehead atoms. The van der Waals surface area contributed by atoms with E-state index in [9.17, 15) is 8.42 Å². The topological polar surface area (TPSA) is 107 Å². The highest BCUT2D eigenvalue weighted by Crippen LogP contribution is 2.28. The number of benzene rings is 1. The van der Waals surface area contributed by atoms with Crippen molar-refractivity contribution >= 4 is 21.4 Å². The number of sulfonamides is 1. The smallest absolute Gasteiger partial charge is 0.238 e. The normalized spacial score (nSPS) is 12.5. The number of nitrogens with two attached hydrogens (primary N) is 2. The molecule has 0 spiro atoms. The van der Waals surface area contributed by atoms with Gasteiger partial charge in [-0.3, -0.25) is 0 Å². The van der Waals surface area contributed by atoms with Crippen LogP contribution in [0, 0.1) is 6.92 Å². The minimum absolute atomic E-state index is 0.0308. The zero-order chi connectivity index (χ0) is 14.8. The van der Waals surface area contributed by atoms with E-state index in [2.05, 4.69) is 5.32 Å². The lowest BCUT2D eigenvalue weighted by Gasteiger charge is -2.28. The largest absolute Gasteiger partial charge is 0.399 e. The number of rotatable bonds is 5. The predicted molar refractivity (Wildman–Crippen MR) is 76.5 cm³/mol. The summed E-state index contributed by atoms with van der Waals surface area (Å²) in [6.07, 6.45) is 0. The molecule has 0 heterocycles. The highest BCUT2D eigenvalue weighted by Gasteiger charge is 2.21. The summed E-state index contributed by atoms with van der Waals surface area (Å²) < 4.78 is 28.1. The van der Waals surface area contributed by atoms with Gasteiger partial charge in [-0.05, 0) is 38.5 Å². The Bertz CT molecular complexity index is 568. The van der Waals surface area contributed by atoms with E-state index >= 15 is 0 Å². The molecule has 0 radical (unpaired) electrons. The van der Waals surface area contributed by atoms with E-state index in [1.807, 2.05) is 13.8 Å². The van der Waals surface area contributed by atoms with Crippen LogP contribution in [0.4, 0.5) is 11.4 Å². The van der Waals surface area contributed by atoms with Crippen molar-refractivity contribution in [2.45, 2.75) is 31.2 Å². The van der Waals surface area contributed by atoms with Crippen molar-refractivity contribution in [3.8, 4) is 0 Å². The summed E-state index contributed by atoms with van der Waals surface area (Å²) in [4.78, 5) is 0.0308. The molecule has 108 valence electrons. The summed E-state index contributed by atoms with van der Waals surface area (Å²) in [5, 5.41) is 8.40. The van der Waals surface area contributed by atoms with Gasteiger partial charge in [0.05, 0.1) is 17.0 Å². The first-order chi connectivity index (χ1) is 8.57. The highest BCUT2D eigenvalue weighted by molar-refractivity contribution is 7.89. The second-order valence-electron chi connectivity index (χ2n) is 5.18. The molecule has 0 amide bonds. The zero-order valence-electron chi connectivity index (χ0n) is 11.6. The Morgan fingerprint density at radius 2 is 1.95 bits per heavy atom. The van der Waals surface area contributed by atoms with Gasteiger partial charge in [-0.2, -0.15) is 0 Å². The molecule has 0 fully saturated rings. The second kappa shape index (κ2) is 5.36. The molecule has 7 heteroatoms. The molecule has 0 saturated carbocycles. The van der Waals surface area contributed by atoms with Crippen LogP contribution in [0.5, 0.6) is 0 Å². The number of methoxy groups -OCH3 is 1. The third-order valence-electron chi connectivity index (χ3n) is 2.67. The van der Waals surface area contributed by atoms with Gasteiger partial charge in [-0.25, -0.2) is 13.6 Å². The molecule has 6 nitrogen and oxygen atoms in total. The maximum atomic E-state index is 11.5. The van der Waals surface area contributed by atoms with Gasteiger partial charge in [0.2, 0.25) is 10.0 Å². The Labute approximate surface area is 114 Å². The van der Waals surface area contributed by atoms with E-state index in [0.717, 1.165) is 0 Å². The first-order valence-corrected chi connectivity index (χ1v) is 7.31. The van der Waals surface area contributed by atoms with Crippen LogP contribution in [0.3, 0.4) is 0 Å². The van der Waals surface area contributed by atoms with Gasteiger partial charge < -0.3 is 15.8 Å². The highest BCUT2D eigenvalue weighted by atomic mass is 32.2. The molecular formula is C12H21N3O3S. The van der Waals surface area contributed by atoms with Crippen molar-refractivity contribution in [1.82, 2.24) is 0 Å². The Morgan fingerprint density at radius 3 is 2.42 bits per heavy atom. The Hall–Kier alpha value is -1.31. The minimum Gasteiger partial charge on any atom is -0.399 e. The fourth-order valence-electron chi connectivity index (χ4n) is 1.90. The van der Waals surface area contributed by atoms with Crippen LogP contribution in [-0.4, -0.2) is 27.7 Å². The summed E-state index contributed by atoms with van der Waals surface area (Å²) in [5.41, 5.74) is 6.88. The lowest BCUT2D eigenvalue weighted by Crippen LogP contribution is -2.36. The number of primary sulfonamides is 1. The Balaban J connectivity index is 3.27. The third-order valence-corrected chi connectivity index (χ3v) is 3.70. The van der Waals surface area contributed by atoms with Gasteiger partial charge in [0.25, 0.3) is 0 Å². The first-order valence-electron chi connectivity index (χ1n) is 5.77. The van der Waals surface area contributed by atoms with Crippen molar-refractivity contribution in [3.05, 3.63) is 17.7 Å². The van der Waals surface area contributed by atoms with Crippen LogP contribution in [0.25, 0.3) is 0 Å². The minimum atomic E-state index is -3.80. The SMILES string of the molecule is COCC(C)(C)Nc1cc(N)cc(S(N)(=O)=O)c1C. The lowest BCUT2D eigenvalue weighted by molar-refractivity contribution is 0.158. The quantitative estimate of drug-likeness (QED) is 0.702. The van der Waals surface area contributed by atoms with Crippen molar-refractivity contribution < 1.29 is 13.2 Å². The molecule has 1 rings (SSSR count). The van der Waals surface area contributed by atoms with Gasteiger partial charge in [-0.15, -0.1) is 0 Å². The van der Waals surface area contributed by atoms with Crippen molar-refractivity contribution in [1.29, 1.82) is 0 Å². The molecule has 5 N–H and O–H groups in total. The number of ether oxygens (including phenoxy) is 1. The van der Waals surface area contributed by atoms with Gasteiger partial charge in [0.15, 0.2) is 0 Å². The van der Waals surface area contributed by atoms with Crippen LogP contribution < -0.4 is 16.2 Å². The molecule has 1 aromatic carbocycles. The summed E-state index contributed by atoms with van der Waals surface area (Å²) in [7, 11) is -2.20. The maximum absolute atomic E-state index is 11.5. The Morgan fingerprint density at radius 1 is 1.37 bits per heavy atom. The van der Waals surface area contributed by atoms with Gasteiger partial charge in [-0.1, -0.05) is 0 Å². The number of nitrogens with one attached hydrogen (secondary N) is 1. The fraction of sp³-hybridized carbons (Fsp3) is 0.500. The standard InChI is InChI=1S/C12H21N3O3S/c1-8-10(15-12(2,3)7-18-4)5-9(13)6-11(8)19(14,16)17/h5-6,15H,7,13H2,1-4H3,(H2,14,16,17). The zero-order valence-corrected chi connectivity index (χ0v) is 12.5. The van der Waals surface area contributed by atoms with E-state index < -0.39 is 10.0 Å². The fourth-order valence-corrected chi connectivity index (χ4v) is 2.73. The van der Waals surface area contributed by atoms with Crippen molar-refractivity contribution in [3.63, 3.8) is 0 Å². The van der Waals surface area contributed by atoms with E-state index in [-0.39, 0.29) is 10.4 Å². The molecular weight excluding hydrogens is 266 g/mol. The molecule has 0 aliphatic heterocycles. The summed E-state index contributed by atoms with van der Waals surface area (Å²) in [5.74, 6) is 0. The summed E-state index contributed by atoms with van der Waals surface area (Å²) in [6, 6.07) is 3.04. The molecule has 0 unspecified atom stereocenters. The van der Waals surface area contributed by atoms with Crippen LogP contribution in [0.2, 0.25) is 0 Å². The first kappa shape index (κ1) is 15.7. The molecule has 1 aromatic rings. The van der Waals surface area contributed by atoms with Gasteiger partial charge >= 0.3 is 0 Å². The third kappa shape index (κ3) is 4.09. The summed E-state index contributed by atoms with van der Waals surface area (Å²) >= 11 is 0. The van der Waals surface area contributed by atoms with Crippen molar-refractivity contribution in [2.24, 2.45) is 5.14 Å². The van der Waals surface area contributed by atoms with Gasteiger partial charge in [0.1, 0.15) is 0 Å². The van der Waals surface area contributed by atoms with Crippen LogP contribution in [0.1, 0.15) is 19.4 Å². The predicted octanol–water partition coefficient (Wildman–Crippen LogP) is 1.06. The molecule has 0 aliphatic carbocycles. The second-order valence-corrected chi connectivity index (χ2v) is 6.71. The van der Waals surface area contributed by atoms with E-state index in [1.165, 1.54) is 6.07 Å². The number of hydrogen-bond donors (Lipinski definition) is 3. The Kier molecular flexibility index (Phi) is 4.44. The van der Waals surface area contributed by atoms with Crippen LogP contribution in [0.15, 0.2) is 17.0 Å². The lowest BCUT2D eigenvalue weighted by atomic mass is 10.0. The average Bonchev–Trinajstić information content (AvgIpc) is 2.20. The molecule has 0 saturated heterocycles. The molecule has 0 aliphatic rings. The molecule has 19 heavy (non-hydrogen) atoms. The maximum Gasteiger partial charge on any atom is 0.238 e. The monoisotopic (exact) mass is 287 g/mol. The molecule has 0 atom stereocenters. The number of nitrogen functional groups attached to an aromatic ring is 1. The van der Waals surface area contributed by atoms with Crippen LogP contribution >= 0.6 is 0 Å². The number of anilines is 2. The van der Waals surface area contributed by atoms with Gasteiger partial charge in [0, 0.05) is 18.5 Å². The van der Waals surface area contributed by atoms with Crippen LogP contribution in [-0.2, 0) is 14.8 Å². The number of hydrogen-bond acceptors (Lipinski definition) is 5. The van der Waals surface area contributed by atoms with E-state index in [0.29, 0.717) is 23.5 Å². The summed E-state index contributed by atoms with van der Waals surface area (Å²) in [6.45, 7) is 6.03.